The van der Waals surface area contributed by atoms with E-state index in [1.54, 1.807) is 11.8 Å². The summed E-state index contributed by atoms with van der Waals surface area (Å²) in [5.41, 5.74) is 0.168. The molecule has 26 heavy (non-hydrogen) atoms. The van der Waals surface area contributed by atoms with Crippen molar-refractivity contribution in [3.05, 3.63) is 29.8 Å². The lowest BCUT2D eigenvalue weighted by Gasteiger charge is -2.18. The van der Waals surface area contributed by atoms with Gasteiger partial charge in [-0.1, -0.05) is 0 Å². The molecule has 1 atom stereocenters. The van der Waals surface area contributed by atoms with Crippen LogP contribution in [0.4, 0.5) is 0 Å². The molecule has 0 aliphatic rings. The van der Waals surface area contributed by atoms with Crippen LogP contribution in [0.3, 0.4) is 0 Å². The van der Waals surface area contributed by atoms with Gasteiger partial charge in [-0.3, -0.25) is 4.79 Å². The minimum atomic E-state index is -3.71. The van der Waals surface area contributed by atoms with Crippen LogP contribution < -0.4 is 4.72 Å². The first kappa shape index (κ1) is 22.1. The summed E-state index contributed by atoms with van der Waals surface area (Å²) in [5.74, 6) is -0.964. The maximum Gasteiger partial charge on any atom is 0.338 e. The first-order chi connectivity index (χ1) is 12.2. The zero-order valence-corrected chi connectivity index (χ0v) is 16.3. The van der Waals surface area contributed by atoms with Crippen LogP contribution in [0.15, 0.2) is 29.2 Å². The highest BCUT2D eigenvalue weighted by atomic mass is 32.2. The summed E-state index contributed by atoms with van der Waals surface area (Å²) in [6.07, 6.45) is 0. The lowest BCUT2D eigenvalue weighted by molar-refractivity contribution is -0.134. The number of amides is 1. The minimum Gasteiger partial charge on any atom is -0.452 e. The Morgan fingerprint density at radius 3 is 2.23 bits per heavy atom. The Bertz CT molecular complexity index is 698. The van der Waals surface area contributed by atoms with Gasteiger partial charge in [0.05, 0.1) is 17.1 Å². The van der Waals surface area contributed by atoms with Crippen molar-refractivity contribution in [2.75, 3.05) is 33.4 Å². The van der Waals surface area contributed by atoms with Crippen molar-refractivity contribution >= 4 is 21.9 Å². The summed E-state index contributed by atoms with van der Waals surface area (Å²) >= 11 is 0. The van der Waals surface area contributed by atoms with Gasteiger partial charge in [0.15, 0.2) is 6.61 Å². The smallest absolute Gasteiger partial charge is 0.338 e. The number of benzene rings is 1. The van der Waals surface area contributed by atoms with Gasteiger partial charge in [-0.15, -0.1) is 0 Å². The Balaban J connectivity index is 2.71. The first-order valence-electron chi connectivity index (χ1n) is 8.31. The van der Waals surface area contributed by atoms with Crippen molar-refractivity contribution in [2.24, 2.45) is 0 Å². The molecule has 146 valence electrons. The summed E-state index contributed by atoms with van der Waals surface area (Å²) in [4.78, 5) is 25.4. The van der Waals surface area contributed by atoms with E-state index in [1.165, 1.54) is 31.4 Å². The number of ether oxygens (including phenoxy) is 2. The Morgan fingerprint density at radius 1 is 1.15 bits per heavy atom. The summed E-state index contributed by atoms with van der Waals surface area (Å²) in [6.45, 7) is 6.32. The standard InChI is InChI=1S/C17H26N2O6S/c1-5-19(6-2)16(20)12-25-17(21)14-7-9-15(10-8-14)26(22,23)18-13(3)11-24-4/h7-10,13,18H,5-6,11-12H2,1-4H3/t13-/m1/s1. The maximum atomic E-state index is 12.2. The number of nitrogens with zero attached hydrogens (tertiary/aromatic N) is 1. The minimum absolute atomic E-state index is 0.0243. The maximum absolute atomic E-state index is 12.2. The summed E-state index contributed by atoms with van der Waals surface area (Å²) in [5, 5.41) is 0. The van der Waals surface area contributed by atoms with Crippen LogP contribution in [-0.4, -0.2) is 64.6 Å². The molecule has 0 spiro atoms. The third kappa shape index (κ3) is 6.40. The fourth-order valence-electron chi connectivity index (χ4n) is 2.27. The second-order valence-corrected chi connectivity index (χ2v) is 7.36. The zero-order valence-electron chi connectivity index (χ0n) is 15.5. The number of carbonyl (C=O) groups excluding carboxylic acids is 2. The number of hydrogen-bond acceptors (Lipinski definition) is 6. The molecule has 8 nitrogen and oxygen atoms in total. The number of sulfonamides is 1. The van der Waals surface area contributed by atoms with E-state index in [-0.39, 0.29) is 35.6 Å². The van der Waals surface area contributed by atoms with Gasteiger partial charge in [0.2, 0.25) is 10.0 Å². The van der Waals surface area contributed by atoms with Crippen molar-refractivity contribution < 1.29 is 27.5 Å². The van der Waals surface area contributed by atoms with Gasteiger partial charge in [-0.05, 0) is 45.0 Å². The number of nitrogens with one attached hydrogen (secondary N) is 1. The van der Waals surface area contributed by atoms with E-state index >= 15 is 0 Å². The molecular weight excluding hydrogens is 360 g/mol. The molecule has 9 heteroatoms. The fourth-order valence-corrected chi connectivity index (χ4v) is 3.49. The van der Waals surface area contributed by atoms with Crippen molar-refractivity contribution in [1.82, 2.24) is 9.62 Å². The molecule has 0 heterocycles. The molecule has 0 fully saturated rings. The van der Waals surface area contributed by atoms with Crippen molar-refractivity contribution in [3.8, 4) is 0 Å². The Labute approximate surface area is 154 Å². The van der Waals surface area contributed by atoms with E-state index in [0.717, 1.165) is 0 Å². The van der Waals surface area contributed by atoms with Gasteiger partial charge in [0.25, 0.3) is 5.91 Å². The van der Waals surface area contributed by atoms with E-state index in [1.807, 2.05) is 13.8 Å². The normalized spacial score (nSPS) is 12.5. The SMILES string of the molecule is CCN(CC)C(=O)COC(=O)c1ccc(S(=O)(=O)N[C@H](C)COC)cc1. The predicted octanol–water partition coefficient (Wildman–Crippen LogP) is 1.03. The molecule has 1 N–H and O–H groups in total. The lowest BCUT2D eigenvalue weighted by Crippen LogP contribution is -2.35. The summed E-state index contributed by atoms with van der Waals surface area (Å²) in [6, 6.07) is 4.93. The van der Waals surface area contributed by atoms with E-state index < -0.39 is 16.0 Å². The van der Waals surface area contributed by atoms with Crippen LogP contribution in [0.25, 0.3) is 0 Å². The topological polar surface area (TPSA) is 102 Å². The van der Waals surface area contributed by atoms with Crippen LogP contribution in [0.2, 0.25) is 0 Å². The number of carbonyl (C=O) groups is 2. The van der Waals surface area contributed by atoms with E-state index in [4.69, 9.17) is 9.47 Å². The van der Waals surface area contributed by atoms with Crippen molar-refractivity contribution in [2.45, 2.75) is 31.7 Å². The number of hydrogen-bond donors (Lipinski definition) is 1. The van der Waals surface area contributed by atoms with E-state index in [2.05, 4.69) is 4.72 Å². The molecule has 0 aliphatic carbocycles. The van der Waals surface area contributed by atoms with Crippen molar-refractivity contribution in [3.63, 3.8) is 0 Å². The molecular formula is C17H26N2O6S. The molecule has 1 aromatic rings. The summed E-state index contributed by atoms with van der Waals surface area (Å²) < 4.78 is 36.8. The van der Waals surface area contributed by atoms with Crippen molar-refractivity contribution in [1.29, 1.82) is 0 Å². The molecule has 0 unspecified atom stereocenters. The molecule has 0 radical (unpaired) electrons. The van der Waals surface area contributed by atoms with Gasteiger partial charge in [0, 0.05) is 26.2 Å². The van der Waals surface area contributed by atoms with Crippen LogP contribution in [0, 0.1) is 0 Å². The Morgan fingerprint density at radius 2 is 1.73 bits per heavy atom. The zero-order chi connectivity index (χ0) is 19.7. The van der Waals surface area contributed by atoms with Gasteiger partial charge < -0.3 is 14.4 Å². The number of methoxy groups -OCH3 is 1. The second kappa shape index (κ2) is 10.2. The van der Waals surface area contributed by atoms with Gasteiger partial charge in [0.1, 0.15) is 0 Å². The number of rotatable bonds is 10. The van der Waals surface area contributed by atoms with E-state index in [0.29, 0.717) is 13.1 Å². The van der Waals surface area contributed by atoms with Crippen LogP contribution >= 0.6 is 0 Å². The highest BCUT2D eigenvalue weighted by Gasteiger charge is 2.19. The molecule has 0 aliphatic heterocycles. The molecule has 0 saturated heterocycles. The van der Waals surface area contributed by atoms with Gasteiger partial charge in [-0.25, -0.2) is 17.9 Å². The highest BCUT2D eigenvalue weighted by Crippen LogP contribution is 2.12. The molecule has 0 aromatic heterocycles. The van der Waals surface area contributed by atoms with Crippen LogP contribution in [-0.2, 0) is 24.3 Å². The molecule has 1 aromatic carbocycles. The largest absolute Gasteiger partial charge is 0.452 e. The van der Waals surface area contributed by atoms with Crippen LogP contribution in [0.5, 0.6) is 0 Å². The third-order valence-corrected chi connectivity index (χ3v) is 5.22. The lowest BCUT2D eigenvalue weighted by atomic mass is 10.2. The van der Waals surface area contributed by atoms with Gasteiger partial charge >= 0.3 is 5.97 Å². The van der Waals surface area contributed by atoms with E-state index in [9.17, 15) is 18.0 Å². The fraction of sp³-hybridized carbons (Fsp3) is 0.529. The number of esters is 1. The quantitative estimate of drug-likeness (QED) is 0.603. The average molecular weight is 386 g/mol. The monoisotopic (exact) mass is 386 g/mol. The highest BCUT2D eigenvalue weighted by molar-refractivity contribution is 7.89. The predicted molar refractivity (Wildman–Crippen MR) is 96.3 cm³/mol. The third-order valence-electron chi connectivity index (χ3n) is 3.62. The average Bonchev–Trinajstić information content (AvgIpc) is 2.60. The Kier molecular flexibility index (Phi) is 8.70. The second-order valence-electron chi connectivity index (χ2n) is 5.64. The van der Waals surface area contributed by atoms with Crippen LogP contribution in [0.1, 0.15) is 31.1 Å². The molecule has 0 bridgehead atoms. The molecule has 0 saturated carbocycles. The summed E-state index contributed by atoms with van der Waals surface area (Å²) in [7, 11) is -2.23. The Hall–Kier alpha value is -1.97. The number of likely N-dealkylation sites (N-methyl/N-ethyl adjacent to an activating group) is 1. The van der Waals surface area contributed by atoms with Gasteiger partial charge in [-0.2, -0.15) is 0 Å². The molecule has 1 amide bonds. The molecule has 1 rings (SSSR count). The first-order valence-corrected chi connectivity index (χ1v) is 9.79.